The number of para-hydroxylation sites is 1. The summed E-state index contributed by atoms with van der Waals surface area (Å²) >= 11 is 0. The van der Waals surface area contributed by atoms with Crippen molar-refractivity contribution in [3.63, 3.8) is 0 Å². The van der Waals surface area contributed by atoms with Gasteiger partial charge in [-0.25, -0.2) is 0 Å². The zero-order valence-electron chi connectivity index (χ0n) is 11.7. The van der Waals surface area contributed by atoms with Crippen molar-refractivity contribution in [2.45, 2.75) is 19.9 Å². The third-order valence-corrected chi connectivity index (χ3v) is 2.77. The van der Waals surface area contributed by atoms with Gasteiger partial charge in [0.1, 0.15) is 5.75 Å². The second-order valence-electron chi connectivity index (χ2n) is 4.46. The summed E-state index contributed by atoms with van der Waals surface area (Å²) < 4.78 is 5.55. The molecule has 0 radical (unpaired) electrons. The van der Waals surface area contributed by atoms with Crippen LogP contribution in [-0.4, -0.2) is 32.1 Å². The molecule has 0 aromatic heterocycles. The predicted molar refractivity (Wildman–Crippen MR) is 79.9 cm³/mol. The molecular formula is C14H23ClN2O2. The summed E-state index contributed by atoms with van der Waals surface area (Å²) in [5, 5.41) is 5.96. The van der Waals surface area contributed by atoms with Crippen molar-refractivity contribution in [1.29, 1.82) is 0 Å². The second-order valence-corrected chi connectivity index (χ2v) is 4.46. The fourth-order valence-electron chi connectivity index (χ4n) is 1.34. The minimum Gasteiger partial charge on any atom is -0.493 e. The molecule has 0 aliphatic rings. The van der Waals surface area contributed by atoms with Crippen LogP contribution in [0, 0.1) is 5.92 Å². The van der Waals surface area contributed by atoms with Gasteiger partial charge in [-0.2, -0.15) is 0 Å². The third-order valence-electron chi connectivity index (χ3n) is 2.77. The minimum atomic E-state index is -0.158. The van der Waals surface area contributed by atoms with E-state index in [9.17, 15) is 4.79 Å². The van der Waals surface area contributed by atoms with Crippen molar-refractivity contribution >= 4 is 18.3 Å². The Morgan fingerprint density at radius 2 is 1.89 bits per heavy atom. The number of rotatable bonds is 7. The molecule has 0 aliphatic carbocycles. The lowest BCUT2D eigenvalue weighted by Crippen LogP contribution is -2.40. The molecule has 2 N–H and O–H groups in total. The Bertz CT molecular complexity index is 360. The van der Waals surface area contributed by atoms with E-state index in [-0.39, 0.29) is 30.3 Å². The maximum absolute atomic E-state index is 11.8. The number of amides is 1. The molecule has 1 aromatic carbocycles. The van der Waals surface area contributed by atoms with E-state index in [1.54, 1.807) is 0 Å². The van der Waals surface area contributed by atoms with Gasteiger partial charge in [0.05, 0.1) is 12.5 Å². The van der Waals surface area contributed by atoms with Gasteiger partial charge in [0.25, 0.3) is 0 Å². The molecule has 0 aliphatic heterocycles. The van der Waals surface area contributed by atoms with Crippen LogP contribution in [0.4, 0.5) is 0 Å². The van der Waals surface area contributed by atoms with Crippen LogP contribution in [0.15, 0.2) is 30.3 Å². The van der Waals surface area contributed by atoms with E-state index in [1.165, 1.54) is 0 Å². The zero-order chi connectivity index (χ0) is 13.4. The number of halogens is 1. The van der Waals surface area contributed by atoms with E-state index in [4.69, 9.17) is 4.74 Å². The smallest absolute Gasteiger partial charge is 0.226 e. The van der Waals surface area contributed by atoms with E-state index in [0.29, 0.717) is 13.2 Å². The van der Waals surface area contributed by atoms with Crippen LogP contribution in [0.2, 0.25) is 0 Å². The van der Waals surface area contributed by atoms with E-state index in [0.717, 1.165) is 5.75 Å². The highest BCUT2D eigenvalue weighted by atomic mass is 35.5. The molecule has 0 bridgehead atoms. The molecule has 0 spiro atoms. The first-order valence-electron chi connectivity index (χ1n) is 6.26. The summed E-state index contributed by atoms with van der Waals surface area (Å²) in [6.07, 6.45) is 0. The molecule has 1 rings (SSSR count). The number of ether oxygens (including phenoxy) is 1. The van der Waals surface area contributed by atoms with Gasteiger partial charge in [-0.3, -0.25) is 4.79 Å². The molecule has 0 heterocycles. The number of nitrogens with one attached hydrogen (secondary N) is 2. The highest BCUT2D eigenvalue weighted by molar-refractivity contribution is 5.85. The van der Waals surface area contributed by atoms with Crippen LogP contribution in [-0.2, 0) is 4.79 Å². The molecule has 2 unspecified atom stereocenters. The molecule has 4 nitrogen and oxygen atoms in total. The van der Waals surface area contributed by atoms with Crippen molar-refractivity contribution < 1.29 is 9.53 Å². The first kappa shape index (κ1) is 17.7. The van der Waals surface area contributed by atoms with Crippen LogP contribution in [0.1, 0.15) is 13.8 Å². The molecule has 0 saturated carbocycles. The fourth-order valence-corrected chi connectivity index (χ4v) is 1.34. The van der Waals surface area contributed by atoms with Crippen molar-refractivity contribution in [2.75, 3.05) is 20.2 Å². The lowest BCUT2D eigenvalue weighted by atomic mass is 10.2. The van der Waals surface area contributed by atoms with Crippen LogP contribution in [0.25, 0.3) is 0 Å². The SMILES string of the molecule is CNC(C)CNC(=O)C(C)COc1ccccc1.Cl. The number of likely N-dealkylation sites (N-methyl/N-ethyl adjacent to an activating group) is 1. The van der Waals surface area contributed by atoms with Crippen LogP contribution >= 0.6 is 12.4 Å². The normalized spacial score (nSPS) is 13.0. The van der Waals surface area contributed by atoms with Gasteiger partial charge in [0.15, 0.2) is 0 Å². The van der Waals surface area contributed by atoms with E-state index < -0.39 is 0 Å². The lowest BCUT2D eigenvalue weighted by molar-refractivity contribution is -0.125. The molecule has 1 amide bonds. The Morgan fingerprint density at radius 1 is 1.26 bits per heavy atom. The summed E-state index contributed by atoms with van der Waals surface area (Å²) in [5.74, 6) is 0.656. The van der Waals surface area contributed by atoms with Crippen molar-refractivity contribution in [3.05, 3.63) is 30.3 Å². The Balaban J connectivity index is 0.00000324. The van der Waals surface area contributed by atoms with Crippen molar-refractivity contribution in [3.8, 4) is 5.75 Å². The molecular weight excluding hydrogens is 264 g/mol. The van der Waals surface area contributed by atoms with E-state index in [1.807, 2.05) is 51.2 Å². The highest BCUT2D eigenvalue weighted by Gasteiger charge is 2.13. The van der Waals surface area contributed by atoms with Gasteiger partial charge in [-0.05, 0) is 26.1 Å². The van der Waals surface area contributed by atoms with Gasteiger partial charge in [-0.1, -0.05) is 25.1 Å². The summed E-state index contributed by atoms with van der Waals surface area (Å²) in [4.78, 5) is 11.8. The Morgan fingerprint density at radius 3 is 2.47 bits per heavy atom. The van der Waals surface area contributed by atoms with Gasteiger partial charge in [0.2, 0.25) is 5.91 Å². The van der Waals surface area contributed by atoms with Crippen molar-refractivity contribution in [1.82, 2.24) is 10.6 Å². The summed E-state index contributed by atoms with van der Waals surface area (Å²) in [6.45, 7) is 4.91. The van der Waals surface area contributed by atoms with Gasteiger partial charge in [-0.15, -0.1) is 12.4 Å². The molecule has 108 valence electrons. The number of carbonyl (C=O) groups is 1. The zero-order valence-corrected chi connectivity index (χ0v) is 12.5. The highest BCUT2D eigenvalue weighted by Crippen LogP contribution is 2.09. The second kappa shape index (κ2) is 9.64. The van der Waals surface area contributed by atoms with Crippen LogP contribution in [0.5, 0.6) is 5.75 Å². The Hall–Kier alpha value is -1.26. The summed E-state index contributed by atoms with van der Waals surface area (Å²) in [7, 11) is 1.87. The topological polar surface area (TPSA) is 50.4 Å². The fraction of sp³-hybridized carbons (Fsp3) is 0.500. The van der Waals surface area contributed by atoms with E-state index in [2.05, 4.69) is 10.6 Å². The third kappa shape index (κ3) is 7.03. The monoisotopic (exact) mass is 286 g/mol. The first-order chi connectivity index (χ1) is 8.63. The maximum Gasteiger partial charge on any atom is 0.226 e. The number of hydrogen-bond acceptors (Lipinski definition) is 3. The molecule has 0 fully saturated rings. The molecule has 0 saturated heterocycles. The number of hydrogen-bond donors (Lipinski definition) is 2. The minimum absolute atomic E-state index is 0. The van der Waals surface area contributed by atoms with Gasteiger partial charge >= 0.3 is 0 Å². The molecule has 5 heteroatoms. The lowest BCUT2D eigenvalue weighted by Gasteiger charge is -2.16. The molecule has 2 atom stereocenters. The van der Waals surface area contributed by atoms with Gasteiger partial charge in [0, 0.05) is 12.6 Å². The Kier molecular flexibility index (Phi) is 9.00. The van der Waals surface area contributed by atoms with E-state index >= 15 is 0 Å². The van der Waals surface area contributed by atoms with Crippen molar-refractivity contribution in [2.24, 2.45) is 5.92 Å². The quantitative estimate of drug-likeness (QED) is 0.804. The Labute approximate surface area is 121 Å². The van der Waals surface area contributed by atoms with Crippen LogP contribution in [0.3, 0.4) is 0 Å². The van der Waals surface area contributed by atoms with Crippen LogP contribution < -0.4 is 15.4 Å². The molecule has 19 heavy (non-hydrogen) atoms. The van der Waals surface area contributed by atoms with Gasteiger partial charge < -0.3 is 15.4 Å². The summed E-state index contributed by atoms with van der Waals surface area (Å²) in [5.41, 5.74) is 0. The number of carbonyl (C=O) groups excluding carboxylic acids is 1. The predicted octanol–water partition coefficient (Wildman–Crippen LogP) is 1.85. The average molecular weight is 287 g/mol. The molecule has 1 aromatic rings. The first-order valence-corrected chi connectivity index (χ1v) is 6.26. The summed E-state index contributed by atoms with van der Waals surface area (Å²) in [6, 6.07) is 9.79. The maximum atomic E-state index is 11.8. The average Bonchev–Trinajstić information content (AvgIpc) is 2.42. The standard InChI is InChI=1S/C14H22N2O2.ClH/c1-11(14(17)16-9-12(2)15-3)10-18-13-7-5-4-6-8-13;/h4-8,11-12,15H,9-10H2,1-3H3,(H,16,17);1H. The number of benzene rings is 1. The largest absolute Gasteiger partial charge is 0.493 e.